The standard InChI is InChI=1S/C19H12ClF3N4/c20-12-7-9-13(10-8-12)24-15-5-3-4-14(25-15)17-18(19(21,22)23)26-16-6-1-2-11-27(16)17/h1-11H,(H,24,25). The number of anilines is 2. The van der Waals surface area contributed by atoms with Crippen molar-refractivity contribution in [2.45, 2.75) is 6.18 Å². The van der Waals surface area contributed by atoms with Crippen molar-refractivity contribution in [2.24, 2.45) is 0 Å². The van der Waals surface area contributed by atoms with E-state index in [1.54, 1.807) is 48.5 Å². The monoisotopic (exact) mass is 388 g/mol. The summed E-state index contributed by atoms with van der Waals surface area (Å²) < 4.78 is 42.0. The molecule has 4 rings (SSSR count). The van der Waals surface area contributed by atoms with Gasteiger partial charge >= 0.3 is 6.18 Å². The third-order valence-corrected chi connectivity index (χ3v) is 4.16. The van der Waals surface area contributed by atoms with Gasteiger partial charge in [-0.1, -0.05) is 23.7 Å². The molecule has 136 valence electrons. The van der Waals surface area contributed by atoms with Crippen molar-refractivity contribution < 1.29 is 13.2 Å². The molecule has 0 aliphatic rings. The molecule has 0 amide bonds. The van der Waals surface area contributed by atoms with Gasteiger partial charge in [-0.25, -0.2) is 9.97 Å². The molecule has 4 aromatic rings. The molecule has 27 heavy (non-hydrogen) atoms. The van der Waals surface area contributed by atoms with E-state index in [1.807, 2.05) is 0 Å². The topological polar surface area (TPSA) is 42.2 Å². The molecule has 0 spiro atoms. The van der Waals surface area contributed by atoms with Crippen molar-refractivity contribution in [3.05, 3.63) is 77.6 Å². The number of benzene rings is 1. The fourth-order valence-electron chi connectivity index (χ4n) is 2.76. The lowest BCUT2D eigenvalue weighted by Crippen LogP contribution is -2.08. The minimum atomic E-state index is -4.59. The Hall–Kier alpha value is -3.06. The first kappa shape index (κ1) is 17.4. The maximum absolute atomic E-state index is 13.5. The molecule has 0 bridgehead atoms. The van der Waals surface area contributed by atoms with Crippen LogP contribution in [0.15, 0.2) is 66.9 Å². The van der Waals surface area contributed by atoms with Crippen LogP contribution in [0.25, 0.3) is 17.0 Å². The van der Waals surface area contributed by atoms with Crippen LogP contribution in [-0.4, -0.2) is 14.4 Å². The Balaban J connectivity index is 1.81. The van der Waals surface area contributed by atoms with Gasteiger partial charge in [-0.15, -0.1) is 0 Å². The molecule has 4 nitrogen and oxygen atoms in total. The van der Waals surface area contributed by atoms with Crippen LogP contribution in [0.2, 0.25) is 5.02 Å². The number of aromatic nitrogens is 3. The van der Waals surface area contributed by atoms with E-state index in [0.29, 0.717) is 10.8 Å². The number of rotatable bonds is 3. The van der Waals surface area contributed by atoms with Gasteiger partial charge in [0.2, 0.25) is 0 Å². The quantitative estimate of drug-likeness (QED) is 0.481. The lowest BCUT2D eigenvalue weighted by Gasteiger charge is -2.10. The number of hydrogen-bond acceptors (Lipinski definition) is 3. The van der Waals surface area contributed by atoms with Gasteiger partial charge in [0.15, 0.2) is 5.69 Å². The fraction of sp³-hybridized carbons (Fsp3) is 0.0526. The summed E-state index contributed by atoms with van der Waals surface area (Å²) in [7, 11) is 0. The van der Waals surface area contributed by atoms with Crippen molar-refractivity contribution in [1.82, 2.24) is 14.4 Å². The maximum Gasteiger partial charge on any atom is 0.435 e. The number of nitrogens with zero attached hydrogens (tertiary/aromatic N) is 3. The lowest BCUT2D eigenvalue weighted by molar-refractivity contribution is -0.140. The molecule has 0 aliphatic heterocycles. The highest BCUT2D eigenvalue weighted by Gasteiger charge is 2.38. The minimum Gasteiger partial charge on any atom is -0.340 e. The molecule has 1 N–H and O–H groups in total. The van der Waals surface area contributed by atoms with Gasteiger partial charge in [-0.2, -0.15) is 13.2 Å². The van der Waals surface area contributed by atoms with Crippen LogP contribution in [0.1, 0.15) is 5.69 Å². The first-order chi connectivity index (χ1) is 12.9. The van der Waals surface area contributed by atoms with Crippen molar-refractivity contribution in [3.8, 4) is 11.4 Å². The van der Waals surface area contributed by atoms with E-state index in [0.717, 1.165) is 5.69 Å². The van der Waals surface area contributed by atoms with E-state index in [2.05, 4.69) is 15.3 Å². The minimum absolute atomic E-state index is 0.0992. The first-order valence-corrected chi connectivity index (χ1v) is 8.34. The van der Waals surface area contributed by atoms with Gasteiger partial charge in [0.05, 0.1) is 5.69 Å². The van der Waals surface area contributed by atoms with E-state index in [9.17, 15) is 13.2 Å². The smallest absolute Gasteiger partial charge is 0.340 e. The number of halogens is 4. The Labute approximate surface area is 157 Å². The number of fused-ring (bicyclic) bond motifs is 1. The molecule has 0 unspecified atom stereocenters. The molecule has 3 heterocycles. The molecular weight excluding hydrogens is 377 g/mol. The van der Waals surface area contributed by atoms with E-state index < -0.39 is 11.9 Å². The first-order valence-electron chi connectivity index (χ1n) is 7.96. The second kappa shape index (κ2) is 6.59. The van der Waals surface area contributed by atoms with Crippen LogP contribution < -0.4 is 5.32 Å². The largest absolute Gasteiger partial charge is 0.435 e. The summed E-state index contributed by atoms with van der Waals surface area (Å²) in [6, 6.07) is 16.6. The van der Waals surface area contributed by atoms with E-state index in [4.69, 9.17) is 11.6 Å². The summed E-state index contributed by atoms with van der Waals surface area (Å²) in [6.45, 7) is 0. The van der Waals surface area contributed by atoms with E-state index in [-0.39, 0.29) is 17.0 Å². The van der Waals surface area contributed by atoms with Gasteiger partial charge in [-0.3, -0.25) is 4.40 Å². The SMILES string of the molecule is FC(F)(F)c1nc2ccccn2c1-c1cccc(Nc2ccc(Cl)cc2)n1. The van der Waals surface area contributed by atoms with Crippen LogP contribution >= 0.6 is 11.6 Å². The maximum atomic E-state index is 13.5. The molecular formula is C19H12ClF3N4. The zero-order valence-corrected chi connectivity index (χ0v) is 14.5. The molecule has 0 saturated carbocycles. The highest BCUT2D eigenvalue weighted by Crippen LogP contribution is 2.37. The predicted molar refractivity (Wildman–Crippen MR) is 98.2 cm³/mol. The van der Waals surface area contributed by atoms with Gasteiger partial charge in [0.1, 0.15) is 17.2 Å². The van der Waals surface area contributed by atoms with Crippen LogP contribution in [-0.2, 0) is 6.18 Å². The highest BCUT2D eigenvalue weighted by atomic mass is 35.5. The van der Waals surface area contributed by atoms with E-state index >= 15 is 0 Å². The molecule has 0 atom stereocenters. The van der Waals surface area contributed by atoms with Gasteiger partial charge in [0.25, 0.3) is 0 Å². The number of pyridine rings is 2. The van der Waals surface area contributed by atoms with Gasteiger partial charge < -0.3 is 5.32 Å². The summed E-state index contributed by atoms with van der Waals surface area (Å²) in [5, 5.41) is 3.64. The third-order valence-electron chi connectivity index (χ3n) is 3.91. The summed E-state index contributed by atoms with van der Waals surface area (Å²) in [5.41, 5.74) is 0.0265. The normalized spacial score (nSPS) is 11.7. The number of nitrogens with one attached hydrogen (secondary N) is 1. The molecule has 1 aromatic carbocycles. The van der Waals surface area contributed by atoms with Crippen LogP contribution in [0.3, 0.4) is 0 Å². The van der Waals surface area contributed by atoms with Gasteiger partial charge in [-0.05, 0) is 48.5 Å². The molecule has 0 radical (unpaired) electrons. The van der Waals surface area contributed by atoms with Crippen LogP contribution in [0, 0.1) is 0 Å². The number of hydrogen-bond donors (Lipinski definition) is 1. The number of imidazole rings is 1. The molecule has 8 heteroatoms. The molecule has 0 saturated heterocycles. The predicted octanol–water partition coefficient (Wildman–Crippen LogP) is 5.81. The third kappa shape index (κ3) is 3.46. The molecule has 0 aliphatic carbocycles. The highest BCUT2D eigenvalue weighted by molar-refractivity contribution is 6.30. The lowest BCUT2D eigenvalue weighted by atomic mass is 10.2. The summed E-state index contributed by atoms with van der Waals surface area (Å²) >= 11 is 5.86. The average molecular weight is 389 g/mol. The summed E-state index contributed by atoms with van der Waals surface area (Å²) in [5.74, 6) is 0.411. The van der Waals surface area contributed by atoms with Gasteiger partial charge in [0, 0.05) is 16.9 Å². The number of alkyl halides is 3. The fourth-order valence-corrected chi connectivity index (χ4v) is 2.88. The molecule has 3 aromatic heterocycles. The Morgan fingerprint density at radius 3 is 2.41 bits per heavy atom. The van der Waals surface area contributed by atoms with Crippen LogP contribution in [0.4, 0.5) is 24.7 Å². The Bertz CT molecular complexity index is 1100. The zero-order valence-electron chi connectivity index (χ0n) is 13.7. The van der Waals surface area contributed by atoms with Crippen LogP contribution in [0.5, 0.6) is 0 Å². The Kier molecular flexibility index (Phi) is 4.24. The Morgan fingerprint density at radius 1 is 0.889 bits per heavy atom. The second-order valence-corrected chi connectivity index (χ2v) is 6.21. The van der Waals surface area contributed by atoms with Crippen molar-refractivity contribution in [3.63, 3.8) is 0 Å². The summed E-state index contributed by atoms with van der Waals surface area (Å²) in [4.78, 5) is 8.10. The average Bonchev–Trinajstić information content (AvgIpc) is 3.04. The second-order valence-electron chi connectivity index (χ2n) is 5.78. The zero-order chi connectivity index (χ0) is 19.0. The van der Waals surface area contributed by atoms with E-state index in [1.165, 1.54) is 22.7 Å². The van der Waals surface area contributed by atoms with Crippen molar-refractivity contribution >= 4 is 28.8 Å². The molecule has 0 fully saturated rings. The van der Waals surface area contributed by atoms with Crippen molar-refractivity contribution in [2.75, 3.05) is 5.32 Å². The summed E-state index contributed by atoms with van der Waals surface area (Å²) in [6.07, 6.45) is -3.06. The van der Waals surface area contributed by atoms with Crippen molar-refractivity contribution in [1.29, 1.82) is 0 Å². The Morgan fingerprint density at radius 2 is 1.67 bits per heavy atom.